The van der Waals surface area contributed by atoms with Crippen molar-refractivity contribution in [1.82, 2.24) is 0 Å². The van der Waals surface area contributed by atoms with Crippen molar-refractivity contribution in [3.05, 3.63) is 59.1 Å². The number of anilines is 2. The molecule has 0 radical (unpaired) electrons. The first-order chi connectivity index (χ1) is 13.0. The van der Waals surface area contributed by atoms with Gasteiger partial charge in [-0.15, -0.1) is 0 Å². The van der Waals surface area contributed by atoms with Crippen LogP contribution in [0.25, 0.3) is 11.0 Å². The Morgan fingerprint density at radius 2 is 2.04 bits per heavy atom. The number of fused-ring (bicyclic) bond motifs is 1. The molecule has 2 heterocycles. The fourth-order valence-electron chi connectivity index (χ4n) is 3.50. The highest BCUT2D eigenvalue weighted by atomic mass is 19.1. The predicted octanol–water partition coefficient (Wildman–Crippen LogP) is 4.57. The minimum Gasteiger partial charge on any atom is -0.450 e. The number of benzene rings is 2. The van der Waals surface area contributed by atoms with Crippen LogP contribution in [0.1, 0.15) is 34.5 Å². The van der Waals surface area contributed by atoms with Crippen LogP contribution >= 0.6 is 0 Å². The lowest BCUT2D eigenvalue weighted by atomic mass is 10.1. The fraction of sp³-hybridized carbons (Fsp3) is 0.238. The number of amides is 2. The van der Waals surface area contributed by atoms with E-state index in [-0.39, 0.29) is 17.4 Å². The number of hydrogen-bond acceptors (Lipinski definition) is 3. The number of nitrogens with one attached hydrogen (secondary N) is 1. The number of furan rings is 1. The Morgan fingerprint density at radius 1 is 1.22 bits per heavy atom. The summed E-state index contributed by atoms with van der Waals surface area (Å²) in [6.07, 6.45) is 1.16. The van der Waals surface area contributed by atoms with Crippen LogP contribution < -0.4 is 10.2 Å². The van der Waals surface area contributed by atoms with Crippen LogP contribution in [0, 0.1) is 19.7 Å². The molecule has 1 N–H and O–H groups in total. The normalized spacial score (nSPS) is 14.2. The number of rotatable bonds is 3. The van der Waals surface area contributed by atoms with Crippen LogP contribution in [-0.2, 0) is 4.79 Å². The summed E-state index contributed by atoms with van der Waals surface area (Å²) >= 11 is 0. The first-order valence-electron chi connectivity index (χ1n) is 8.85. The lowest BCUT2D eigenvalue weighted by Crippen LogP contribution is -2.24. The minimum absolute atomic E-state index is 0.0843. The number of carbonyl (C=O) groups excluding carboxylic acids is 2. The van der Waals surface area contributed by atoms with Crippen LogP contribution in [0.15, 0.2) is 40.8 Å². The van der Waals surface area contributed by atoms with Crippen molar-refractivity contribution in [2.75, 3.05) is 16.8 Å². The summed E-state index contributed by atoms with van der Waals surface area (Å²) in [6.45, 7) is 4.25. The molecule has 6 heteroatoms. The lowest BCUT2D eigenvalue weighted by Gasteiger charge is -2.17. The number of hydrogen-bond donors (Lipinski definition) is 1. The average Bonchev–Trinajstić information content (AvgIpc) is 3.20. The summed E-state index contributed by atoms with van der Waals surface area (Å²) in [5, 5.41) is 3.56. The van der Waals surface area contributed by atoms with Crippen molar-refractivity contribution in [2.24, 2.45) is 0 Å². The molecule has 2 amide bonds. The summed E-state index contributed by atoms with van der Waals surface area (Å²) in [5.41, 5.74) is 2.91. The van der Waals surface area contributed by atoms with Crippen LogP contribution in [0.2, 0.25) is 0 Å². The van der Waals surface area contributed by atoms with Crippen molar-refractivity contribution in [3.63, 3.8) is 0 Å². The molecule has 138 valence electrons. The smallest absolute Gasteiger partial charge is 0.291 e. The Morgan fingerprint density at radius 3 is 2.70 bits per heavy atom. The van der Waals surface area contributed by atoms with E-state index in [1.165, 1.54) is 17.0 Å². The first-order valence-corrected chi connectivity index (χ1v) is 8.85. The molecule has 0 unspecified atom stereocenters. The molecule has 27 heavy (non-hydrogen) atoms. The molecule has 2 aromatic carbocycles. The molecule has 1 aliphatic rings. The Hall–Kier alpha value is -3.15. The Kier molecular flexibility index (Phi) is 4.18. The van der Waals surface area contributed by atoms with E-state index in [4.69, 9.17) is 4.42 Å². The van der Waals surface area contributed by atoms with Gasteiger partial charge in [0.25, 0.3) is 5.91 Å². The third-order valence-electron chi connectivity index (χ3n) is 4.94. The summed E-state index contributed by atoms with van der Waals surface area (Å²) in [7, 11) is 0. The van der Waals surface area contributed by atoms with Gasteiger partial charge in [-0.05, 0) is 44.0 Å². The van der Waals surface area contributed by atoms with E-state index in [1.807, 2.05) is 32.0 Å². The fourth-order valence-corrected chi connectivity index (χ4v) is 3.50. The molecule has 4 rings (SSSR count). The third-order valence-corrected chi connectivity index (χ3v) is 4.94. The van der Waals surface area contributed by atoms with Crippen LogP contribution in [-0.4, -0.2) is 18.4 Å². The maximum absolute atomic E-state index is 14.5. The van der Waals surface area contributed by atoms with E-state index in [1.54, 1.807) is 6.07 Å². The standard InChI is InChI=1S/C21H19FN2O3/c1-12-5-3-6-15-13(2)20(27-19(12)15)21(26)23-14-8-9-17(16(22)11-14)24-10-4-7-18(24)25/h3,5-6,8-9,11H,4,7,10H2,1-2H3,(H,23,26). The molecule has 1 aliphatic heterocycles. The zero-order chi connectivity index (χ0) is 19.1. The van der Waals surface area contributed by atoms with Gasteiger partial charge in [0.2, 0.25) is 5.91 Å². The largest absolute Gasteiger partial charge is 0.450 e. The first kappa shape index (κ1) is 17.3. The predicted molar refractivity (Wildman–Crippen MR) is 102 cm³/mol. The Labute approximate surface area is 155 Å². The van der Waals surface area contributed by atoms with Gasteiger partial charge in [0.1, 0.15) is 11.4 Å². The van der Waals surface area contributed by atoms with Gasteiger partial charge < -0.3 is 14.6 Å². The maximum atomic E-state index is 14.5. The number of halogens is 1. The summed E-state index contributed by atoms with van der Waals surface area (Å²) in [5.74, 6) is -0.856. The van der Waals surface area contributed by atoms with E-state index in [2.05, 4.69) is 5.32 Å². The molecule has 1 aromatic heterocycles. The number of aryl methyl sites for hydroxylation is 2. The Balaban J connectivity index is 1.60. The molecular weight excluding hydrogens is 347 g/mol. The summed E-state index contributed by atoms with van der Waals surface area (Å²) in [6, 6.07) is 10.1. The molecule has 0 aliphatic carbocycles. The second kappa shape index (κ2) is 6.54. The SMILES string of the molecule is Cc1c(C(=O)Nc2ccc(N3CCCC3=O)c(F)c2)oc2c(C)cccc12. The van der Waals surface area contributed by atoms with Gasteiger partial charge in [-0.25, -0.2) is 4.39 Å². The topological polar surface area (TPSA) is 62.6 Å². The van der Waals surface area contributed by atoms with Crippen LogP contribution in [0.3, 0.4) is 0 Å². The van der Waals surface area contributed by atoms with Crippen molar-refractivity contribution >= 4 is 34.2 Å². The number of nitrogens with zero attached hydrogens (tertiary/aromatic N) is 1. The van der Waals surface area contributed by atoms with Gasteiger partial charge >= 0.3 is 0 Å². The van der Waals surface area contributed by atoms with Gasteiger partial charge in [0.05, 0.1) is 5.69 Å². The Bertz CT molecular complexity index is 1070. The van der Waals surface area contributed by atoms with Crippen LogP contribution in [0.5, 0.6) is 0 Å². The highest BCUT2D eigenvalue weighted by Gasteiger charge is 2.25. The van der Waals surface area contributed by atoms with E-state index in [0.29, 0.717) is 24.2 Å². The van der Waals surface area contributed by atoms with Gasteiger partial charge in [-0.3, -0.25) is 9.59 Å². The molecule has 1 saturated heterocycles. The molecule has 5 nitrogen and oxygen atoms in total. The zero-order valence-electron chi connectivity index (χ0n) is 15.1. The lowest BCUT2D eigenvalue weighted by molar-refractivity contribution is -0.117. The molecule has 0 saturated carbocycles. The number of carbonyl (C=O) groups is 2. The monoisotopic (exact) mass is 366 g/mol. The highest BCUT2D eigenvalue weighted by Crippen LogP contribution is 2.30. The van der Waals surface area contributed by atoms with E-state index in [9.17, 15) is 14.0 Å². The highest BCUT2D eigenvalue weighted by molar-refractivity contribution is 6.07. The van der Waals surface area contributed by atoms with E-state index in [0.717, 1.165) is 22.9 Å². The molecular formula is C21H19FN2O3. The van der Waals surface area contributed by atoms with E-state index >= 15 is 0 Å². The van der Waals surface area contributed by atoms with Crippen molar-refractivity contribution in [3.8, 4) is 0 Å². The summed E-state index contributed by atoms with van der Waals surface area (Å²) < 4.78 is 20.2. The minimum atomic E-state index is -0.541. The molecule has 3 aromatic rings. The molecule has 1 fully saturated rings. The molecule has 0 spiro atoms. The van der Waals surface area contributed by atoms with Gasteiger partial charge in [-0.1, -0.05) is 18.2 Å². The second-order valence-electron chi connectivity index (χ2n) is 6.78. The second-order valence-corrected chi connectivity index (χ2v) is 6.78. The summed E-state index contributed by atoms with van der Waals surface area (Å²) in [4.78, 5) is 25.9. The third kappa shape index (κ3) is 2.97. The van der Waals surface area contributed by atoms with Gasteiger partial charge in [0.15, 0.2) is 5.76 Å². The van der Waals surface area contributed by atoms with E-state index < -0.39 is 11.7 Å². The van der Waals surface area contributed by atoms with Gasteiger partial charge in [0, 0.05) is 29.6 Å². The van der Waals surface area contributed by atoms with Crippen molar-refractivity contribution < 1.29 is 18.4 Å². The molecule has 0 atom stereocenters. The number of para-hydroxylation sites is 1. The zero-order valence-corrected chi connectivity index (χ0v) is 15.1. The van der Waals surface area contributed by atoms with Crippen molar-refractivity contribution in [2.45, 2.75) is 26.7 Å². The van der Waals surface area contributed by atoms with Crippen molar-refractivity contribution in [1.29, 1.82) is 0 Å². The average molecular weight is 366 g/mol. The van der Waals surface area contributed by atoms with Crippen LogP contribution in [0.4, 0.5) is 15.8 Å². The van der Waals surface area contributed by atoms with Gasteiger partial charge in [-0.2, -0.15) is 0 Å². The maximum Gasteiger partial charge on any atom is 0.291 e. The quantitative estimate of drug-likeness (QED) is 0.739. The molecule has 0 bridgehead atoms.